The quantitative estimate of drug-likeness (QED) is 0.211. The third kappa shape index (κ3) is 7.40. The minimum Gasteiger partial charge on any atom is -0.406 e. The summed E-state index contributed by atoms with van der Waals surface area (Å²) in [7, 11) is 0. The molecular formula is C29H27F3N6O2S. The molecule has 3 aromatic carbocycles. The van der Waals surface area contributed by atoms with Gasteiger partial charge in [0, 0.05) is 23.2 Å². The van der Waals surface area contributed by atoms with Crippen molar-refractivity contribution in [3.63, 3.8) is 0 Å². The lowest BCUT2D eigenvalue weighted by Gasteiger charge is -2.13. The second-order valence-corrected chi connectivity index (χ2v) is 9.99. The Labute approximate surface area is 239 Å². The first-order chi connectivity index (χ1) is 19.7. The van der Waals surface area contributed by atoms with Gasteiger partial charge in [-0.05, 0) is 66.5 Å². The van der Waals surface area contributed by atoms with Crippen LogP contribution >= 0.6 is 12.2 Å². The van der Waals surface area contributed by atoms with E-state index in [4.69, 9.17) is 12.2 Å². The zero-order chi connectivity index (χ0) is 29.0. The standard InChI is InChI=1S/C29H27F3N6O2S/c1-2-5-19-6-3-4-7-24(19)35-28(41)36-27(39)34-25-16-23(25)18-8-10-20(11-9-18)26-33-17-38(37-26)21-12-14-22(15-13-21)40-29(30,31)32/h3-4,6-15,17,23,25H,2,5,16H2,1H3,(H3,34,35,36,39,41)/t23-,25?/m0/s1. The van der Waals surface area contributed by atoms with Gasteiger partial charge in [0.2, 0.25) is 0 Å². The molecule has 8 nitrogen and oxygen atoms in total. The number of benzene rings is 3. The first-order valence-electron chi connectivity index (χ1n) is 13.0. The van der Waals surface area contributed by atoms with Crippen molar-refractivity contribution in [2.75, 3.05) is 5.32 Å². The molecule has 1 heterocycles. The Hall–Kier alpha value is -4.45. The van der Waals surface area contributed by atoms with Crippen LogP contribution in [-0.2, 0) is 6.42 Å². The highest BCUT2D eigenvalue weighted by molar-refractivity contribution is 7.80. The fourth-order valence-corrected chi connectivity index (χ4v) is 4.72. The van der Waals surface area contributed by atoms with Gasteiger partial charge < -0.3 is 15.4 Å². The molecule has 41 heavy (non-hydrogen) atoms. The third-order valence-electron chi connectivity index (χ3n) is 6.54. The number of nitrogens with zero attached hydrogens (tertiary/aromatic N) is 3. The van der Waals surface area contributed by atoms with E-state index in [9.17, 15) is 18.0 Å². The predicted octanol–water partition coefficient (Wildman–Crippen LogP) is 6.34. The molecule has 2 atom stereocenters. The average Bonchev–Trinajstić information content (AvgIpc) is 3.51. The lowest BCUT2D eigenvalue weighted by molar-refractivity contribution is -0.274. The number of aryl methyl sites for hydroxylation is 1. The van der Waals surface area contributed by atoms with Gasteiger partial charge in [0.15, 0.2) is 10.9 Å². The monoisotopic (exact) mass is 580 g/mol. The van der Waals surface area contributed by atoms with Crippen molar-refractivity contribution in [2.45, 2.75) is 44.5 Å². The smallest absolute Gasteiger partial charge is 0.406 e. The Kier molecular flexibility index (Phi) is 8.20. The van der Waals surface area contributed by atoms with Crippen molar-refractivity contribution in [3.05, 3.63) is 90.3 Å². The molecule has 1 aliphatic rings. The van der Waals surface area contributed by atoms with Crippen molar-refractivity contribution < 1.29 is 22.7 Å². The topological polar surface area (TPSA) is 93.1 Å². The van der Waals surface area contributed by atoms with Gasteiger partial charge in [-0.3, -0.25) is 5.32 Å². The molecule has 0 radical (unpaired) electrons. The second kappa shape index (κ2) is 12.0. The largest absolute Gasteiger partial charge is 0.573 e. The number of hydrogen-bond donors (Lipinski definition) is 3. The highest BCUT2D eigenvalue weighted by Crippen LogP contribution is 2.41. The van der Waals surface area contributed by atoms with Crippen molar-refractivity contribution in [3.8, 4) is 22.8 Å². The number of hydrogen-bond acceptors (Lipinski definition) is 5. The molecule has 5 rings (SSSR count). The number of ether oxygens (including phenoxy) is 1. The summed E-state index contributed by atoms with van der Waals surface area (Å²) < 4.78 is 42.5. The van der Waals surface area contributed by atoms with E-state index >= 15 is 0 Å². The first-order valence-corrected chi connectivity index (χ1v) is 13.4. The van der Waals surface area contributed by atoms with Crippen LogP contribution in [0, 0.1) is 0 Å². The Bertz CT molecular complexity index is 1520. The number of aromatic nitrogens is 3. The molecular weight excluding hydrogens is 553 g/mol. The number of halogens is 3. The van der Waals surface area contributed by atoms with Crippen LogP contribution in [0.25, 0.3) is 17.1 Å². The molecule has 1 aliphatic carbocycles. The van der Waals surface area contributed by atoms with Crippen LogP contribution in [0.2, 0.25) is 0 Å². The summed E-state index contributed by atoms with van der Waals surface area (Å²) in [5.41, 5.74) is 4.43. The fraction of sp³-hybridized carbons (Fsp3) is 0.241. The van der Waals surface area contributed by atoms with E-state index in [0.717, 1.165) is 41.6 Å². The molecule has 3 N–H and O–H groups in total. The van der Waals surface area contributed by atoms with Gasteiger partial charge >= 0.3 is 12.4 Å². The summed E-state index contributed by atoms with van der Waals surface area (Å²) in [5, 5.41) is 13.4. The number of amides is 2. The third-order valence-corrected chi connectivity index (χ3v) is 6.75. The predicted molar refractivity (Wildman–Crippen MR) is 153 cm³/mol. The number of anilines is 1. The van der Waals surface area contributed by atoms with Crippen LogP contribution in [0.15, 0.2) is 79.1 Å². The highest BCUT2D eigenvalue weighted by atomic mass is 32.1. The molecule has 0 spiro atoms. The maximum atomic E-state index is 12.5. The Morgan fingerprint density at radius 2 is 1.80 bits per heavy atom. The molecule has 0 bridgehead atoms. The van der Waals surface area contributed by atoms with Crippen molar-refractivity contribution in [1.29, 1.82) is 0 Å². The van der Waals surface area contributed by atoms with E-state index in [-0.39, 0.29) is 28.9 Å². The van der Waals surface area contributed by atoms with Gasteiger partial charge in [-0.15, -0.1) is 18.3 Å². The van der Waals surface area contributed by atoms with Crippen LogP contribution in [0.4, 0.5) is 23.7 Å². The summed E-state index contributed by atoms with van der Waals surface area (Å²) in [5.74, 6) is 0.346. The number of alkyl halides is 3. The Morgan fingerprint density at radius 1 is 1.07 bits per heavy atom. The van der Waals surface area contributed by atoms with E-state index in [1.807, 2.05) is 48.5 Å². The van der Waals surface area contributed by atoms with Gasteiger partial charge in [-0.25, -0.2) is 14.5 Å². The Morgan fingerprint density at radius 3 is 2.51 bits per heavy atom. The molecule has 1 aromatic heterocycles. The van der Waals surface area contributed by atoms with E-state index in [1.54, 1.807) is 0 Å². The maximum Gasteiger partial charge on any atom is 0.573 e. The van der Waals surface area contributed by atoms with E-state index in [1.165, 1.54) is 35.3 Å². The number of rotatable bonds is 8. The summed E-state index contributed by atoms with van der Waals surface area (Å²) >= 11 is 5.33. The molecule has 12 heteroatoms. The van der Waals surface area contributed by atoms with Crippen molar-refractivity contribution in [1.82, 2.24) is 25.4 Å². The highest BCUT2D eigenvalue weighted by Gasteiger charge is 2.39. The van der Waals surface area contributed by atoms with Crippen LogP contribution in [0.3, 0.4) is 0 Å². The molecule has 1 unspecified atom stereocenters. The fourth-order valence-electron chi connectivity index (χ4n) is 4.51. The van der Waals surface area contributed by atoms with E-state index in [2.05, 4.69) is 37.7 Å². The molecule has 212 valence electrons. The van der Waals surface area contributed by atoms with Crippen molar-refractivity contribution >= 4 is 29.0 Å². The van der Waals surface area contributed by atoms with Crippen LogP contribution in [-0.4, -0.2) is 38.3 Å². The van der Waals surface area contributed by atoms with Crippen LogP contribution in [0.5, 0.6) is 5.75 Å². The van der Waals surface area contributed by atoms with Gasteiger partial charge in [0.05, 0.1) is 5.69 Å². The summed E-state index contributed by atoms with van der Waals surface area (Å²) in [6.45, 7) is 2.11. The van der Waals surface area contributed by atoms with Crippen LogP contribution < -0.4 is 20.7 Å². The number of nitrogens with one attached hydrogen (secondary N) is 3. The summed E-state index contributed by atoms with van der Waals surface area (Å²) in [4.78, 5) is 16.8. The number of para-hydroxylation sites is 1. The van der Waals surface area contributed by atoms with Gasteiger partial charge in [-0.1, -0.05) is 55.8 Å². The SMILES string of the molecule is CCCc1ccccc1NC(=S)NC(=O)NC1C[C@H]1c1ccc(-c2ncn(-c3ccc(OC(F)(F)F)cc3)n2)cc1. The summed E-state index contributed by atoms with van der Waals surface area (Å²) in [6.07, 6.45) is -0.526. The van der Waals surface area contributed by atoms with E-state index in [0.29, 0.717) is 11.5 Å². The molecule has 0 saturated heterocycles. The number of thiocarbonyl (C=S) groups is 1. The molecule has 0 aliphatic heterocycles. The van der Waals surface area contributed by atoms with Crippen molar-refractivity contribution in [2.24, 2.45) is 0 Å². The van der Waals surface area contributed by atoms with Gasteiger partial charge in [0.25, 0.3) is 0 Å². The lowest BCUT2D eigenvalue weighted by Crippen LogP contribution is -2.42. The lowest BCUT2D eigenvalue weighted by atomic mass is 10.1. The zero-order valence-electron chi connectivity index (χ0n) is 22.0. The minimum atomic E-state index is -4.75. The Balaban J connectivity index is 1.12. The summed E-state index contributed by atoms with van der Waals surface area (Å²) in [6, 6.07) is 20.6. The zero-order valence-corrected chi connectivity index (χ0v) is 22.8. The van der Waals surface area contributed by atoms with Crippen LogP contribution in [0.1, 0.15) is 36.8 Å². The molecule has 2 amide bonds. The normalized spacial score (nSPS) is 16.1. The number of carbonyl (C=O) groups is 1. The van der Waals surface area contributed by atoms with Gasteiger partial charge in [-0.2, -0.15) is 0 Å². The van der Waals surface area contributed by atoms with E-state index < -0.39 is 6.36 Å². The molecule has 1 saturated carbocycles. The maximum absolute atomic E-state index is 12.5. The number of urea groups is 1. The number of carbonyl (C=O) groups excluding carboxylic acids is 1. The minimum absolute atomic E-state index is 0.00217. The molecule has 4 aromatic rings. The average molecular weight is 581 g/mol. The molecule has 1 fully saturated rings. The second-order valence-electron chi connectivity index (χ2n) is 9.58. The van der Waals surface area contributed by atoms with Gasteiger partial charge in [0.1, 0.15) is 12.1 Å². The first kappa shape index (κ1) is 28.1.